The van der Waals surface area contributed by atoms with Gasteiger partial charge in [0.25, 0.3) is 0 Å². The van der Waals surface area contributed by atoms with Gasteiger partial charge in [-0.25, -0.2) is 0 Å². The van der Waals surface area contributed by atoms with Crippen LogP contribution in [-0.2, 0) is 44.9 Å². The van der Waals surface area contributed by atoms with Crippen molar-refractivity contribution in [1.82, 2.24) is 0 Å². The Labute approximate surface area is 336 Å². The van der Waals surface area contributed by atoms with Crippen LogP contribution in [0.2, 0.25) is 0 Å². The molecule has 4 aromatic carbocycles. The second-order valence-electron chi connectivity index (χ2n) is 17.2. The number of fused-ring (bicyclic) bond motifs is 3. The van der Waals surface area contributed by atoms with Crippen LogP contribution < -0.4 is 0 Å². The van der Waals surface area contributed by atoms with E-state index in [0.29, 0.717) is 3.63 Å². The Bertz CT molecular complexity index is 1840. The first kappa shape index (κ1) is 42.4. The molecule has 0 N–H and O–H groups in total. The standard InChI is InChI=1S/C23H29.C21H26.C5H5.2ClH.Zr/c1-14-9-16-11-17-10-15(2)21(23(6,7)8)13-19(17)18(16)12-20(14)22(3,4)5;1-3-5-7-18-9-13-20(14-10-18)17-21-15-11-19(12-16-21)8-6-4-2;1-2-4-5-3-1;;;/h9-13H,1-8H3;9-16H,3-8H2,1-2H3;1-3H,4H2;2*1H;. The number of hydrogen-bond donors (Lipinski definition) is 0. The largest absolute Gasteiger partial charge is 0.147 e. The molecular weight excluding hydrogens is 751 g/mol. The molecule has 0 aromatic heterocycles. The van der Waals surface area contributed by atoms with Crippen molar-refractivity contribution >= 4 is 28.0 Å². The second kappa shape index (κ2) is 17.4. The predicted octanol–water partition coefficient (Wildman–Crippen LogP) is 14.2. The molecule has 3 heteroatoms. The Morgan fingerprint density at radius 1 is 0.635 bits per heavy atom. The van der Waals surface area contributed by atoms with E-state index in [1.54, 1.807) is 17.6 Å². The van der Waals surface area contributed by atoms with Crippen molar-refractivity contribution in [1.29, 1.82) is 0 Å². The molecule has 2 aliphatic carbocycles. The summed E-state index contributed by atoms with van der Waals surface area (Å²) >= 11 is -2.77. The van der Waals surface area contributed by atoms with Crippen LogP contribution in [0, 0.1) is 13.8 Å². The maximum atomic E-state index is 2.62. The Hall–Kier alpha value is -2.31. The van der Waals surface area contributed by atoms with Crippen molar-refractivity contribution in [3.8, 4) is 11.1 Å². The normalized spacial score (nSPS) is 13.6. The Balaban J connectivity index is 0.00000302. The molecule has 0 spiro atoms. The summed E-state index contributed by atoms with van der Waals surface area (Å²) in [4.78, 5) is 0. The second-order valence-corrected chi connectivity index (χ2v) is 23.4. The fourth-order valence-electron chi connectivity index (χ4n) is 8.55. The number of hydrogen-bond acceptors (Lipinski definition) is 0. The Morgan fingerprint density at radius 3 is 1.40 bits per heavy atom. The van der Waals surface area contributed by atoms with E-state index in [1.807, 2.05) is 0 Å². The zero-order chi connectivity index (χ0) is 35.8. The molecule has 52 heavy (non-hydrogen) atoms. The zero-order valence-corrected chi connectivity index (χ0v) is 37.6. The molecule has 0 amide bonds. The smallest absolute Gasteiger partial charge is 0.147 e. The summed E-state index contributed by atoms with van der Waals surface area (Å²) in [6.07, 6.45) is 15.6. The molecule has 4 aromatic rings. The number of halogens is 2. The minimum Gasteiger partial charge on any atom is -0.147 e. The summed E-state index contributed by atoms with van der Waals surface area (Å²) < 4.78 is 3.79. The Morgan fingerprint density at radius 2 is 1.06 bits per heavy atom. The molecule has 0 bridgehead atoms. The zero-order valence-electron chi connectivity index (χ0n) is 33.5. The Kier molecular flexibility index (Phi) is 14.2. The summed E-state index contributed by atoms with van der Waals surface area (Å²) in [6, 6.07) is 30.1. The molecule has 0 radical (unpaired) electrons. The van der Waals surface area contributed by atoms with Gasteiger partial charge in [0, 0.05) is 0 Å². The molecule has 0 heterocycles. The SMILES string of the molecule is CCCCc1ccc([C](c2ccc(CCCC)cc2)=[Zr]([C]2=CC=CC2)[CH]2c3cc(C)c(C(C)(C)C)cc3-c3cc(C(C)(C)C)c(C)cc32)cc1.Cl.Cl. The summed E-state index contributed by atoms with van der Waals surface area (Å²) in [7, 11) is 0. The van der Waals surface area contributed by atoms with Gasteiger partial charge in [-0.3, -0.25) is 0 Å². The quantitative estimate of drug-likeness (QED) is 0.150. The molecule has 0 atom stereocenters. The van der Waals surface area contributed by atoms with Gasteiger partial charge in [-0.1, -0.05) is 0 Å². The first-order chi connectivity index (χ1) is 23.8. The van der Waals surface area contributed by atoms with E-state index in [4.69, 9.17) is 0 Å². The van der Waals surface area contributed by atoms with Crippen molar-refractivity contribution in [2.24, 2.45) is 0 Å². The van der Waals surface area contributed by atoms with Gasteiger partial charge in [0.1, 0.15) is 0 Å². The molecule has 0 nitrogen and oxygen atoms in total. The van der Waals surface area contributed by atoms with Crippen molar-refractivity contribution in [2.45, 2.75) is 129 Å². The first-order valence-corrected chi connectivity index (χ1v) is 23.3. The maximum Gasteiger partial charge on any atom is -0.147 e. The van der Waals surface area contributed by atoms with Gasteiger partial charge in [-0.15, -0.1) is 24.8 Å². The minimum absolute atomic E-state index is 0. The monoisotopic (exact) mass is 810 g/mol. The fraction of sp³-hybridized carbons (Fsp3) is 0.408. The average Bonchev–Trinajstić information content (AvgIpc) is 3.70. The number of allylic oxidation sites excluding steroid dienone is 4. The van der Waals surface area contributed by atoms with Gasteiger partial charge in [-0.2, -0.15) is 0 Å². The molecule has 0 fully saturated rings. The van der Waals surface area contributed by atoms with Crippen LogP contribution in [0.4, 0.5) is 0 Å². The van der Waals surface area contributed by atoms with Gasteiger partial charge >= 0.3 is 314 Å². The van der Waals surface area contributed by atoms with Crippen LogP contribution in [-0.4, -0.2) is 3.21 Å². The molecule has 0 saturated heterocycles. The van der Waals surface area contributed by atoms with Crippen molar-refractivity contribution in [3.05, 3.63) is 150 Å². The van der Waals surface area contributed by atoms with E-state index in [-0.39, 0.29) is 35.6 Å². The molecule has 0 aliphatic heterocycles. The molecule has 6 rings (SSSR count). The van der Waals surface area contributed by atoms with Crippen molar-refractivity contribution in [2.75, 3.05) is 0 Å². The van der Waals surface area contributed by atoms with E-state index in [0.717, 1.165) is 19.3 Å². The summed E-state index contributed by atoms with van der Waals surface area (Å²) in [5, 5.41) is 0. The van der Waals surface area contributed by atoms with Crippen LogP contribution in [0.1, 0.15) is 147 Å². The van der Waals surface area contributed by atoms with Crippen LogP contribution in [0.25, 0.3) is 11.1 Å². The van der Waals surface area contributed by atoms with Crippen LogP contribution >= 0.6 is 24.8 Å². The molecular formula is C49H62Cl2Zr. The summed E-state index contributed by atoms with van der Waals surface area (Å²) in [5.74, 6) is 0. The maximum absolute atomic E-state index is 2.77. The third kappa shape index (κ3) is 8.80. The van der Waals surface area contributed by atoms with Gasteiger partial charge in [-0.05, 0) is 0 Å². The van der Waals surface area contributed by atoms with E-state index in [1.165, 1.54) is 81.3 Å². The molecule has 276 valence electrons. The van der Waals surface area contributed by atoms with E-state index < -0.39 is 21.3 Å². The molecule has 0 saturated carbocycles. The first-order valence-electron chi connectivity index (χ1n) is 19.4. The molecule has 0 unspecified atom stereocenters. The summed E-state index contributed by atoms with van der Waals surface area (Å²) in [5.41, 5.74) is 17.9. The van der Waals surface area contributed by atoms with Crippen LogP contribution in [0.3, 0.4) is 0 Å². The van der Waals surface area contributed by atoms with Gasteiger partial charge in [0.2, 0.25) is 0 Å². The van der Waals surface area contributed by atoms with E-state index in [2.05, 4.69) is 160 Å². The topological polar surface area (TPSA) is 0 Å². The number of benzene rings is 4. The average molecular weight is 813 g/mol. The van der Waals surface area contributed by atoms with Gasteiger partial charge in [0.05, 0.1) is 0 Å². The number of aryl methyl sites for hydroxylation is 4. The van der Waals surface area contributed by atoms with E-state index in [9.17, 15) is 0 Å². The number of rotatable bonds is 10. The van der Waals surface area contributed by atoms with Gasteiger partial charge < -0.3 is 0 Å². The van der Waals surface area contributed by atoms with Crippen LogP contribution in [0.5, 0.6) is 0 Å². The number of unbranched alkanes of at least 4 members (excludes halogenated alkanes) is 2. The predicted molar refractivity (Wildman–Crippen MR) is 230 cm³/mol. The van der Waals surface area contributed by atoms with Crippen LogP contribution in [0.15, 0.2) is 94.3 Å². The third-order valence-corrected chi connectivity index (χ3v) is 19.4. The van der Waals surface area contributed by atoms with E-state index >= 15 is 0 Å². The molecule has 2 aliphatic rings. The minimum atomic E-state index is -2.77. The van der Waals surface area contributed by atoms with Crippen molar-refractivity contribution in [3.63, 3.8) is 0 Å². The van der Waals surface area contributed by atoms with Gasteiger partial charge in [0.15, 0.2) is 0 Å². The van der Waals surface area contributed by atoms with Crippen molar-refractivity contribution < 1.29 is 21.3 Å². The summed E-state index contributed by atoms with van der Waals surface area (Å²) in [6.45, 7) is 23.6. The third-order valence-electron chi connectivity index (χ3n) is 11.1. The fourth-order valence-corrected chi connectivity index (χ4v) is 17.5.